The van der Waals surface area contributed by atoms with Crippen LogP contribution in [0.5, 0.6) is 5.75 Å². The molecule has 7 nitrogen and oxygen atoms in total. The highest BCUT2D eigenvalue weighted by Crippen LogP contribution is 2.22. The fourth-order valence-electron chi connectivity index (χ4n) is 3.52. The van der Waals surface area contributed by atoms with Crippen LogP contribution in [0.3, 0.4) is 0 Å². The van der Waals surface area contributed by atoms with Gasteiger partial charge >= 0.3 is 0 Å². The molecule has 1 saturated heterocycles. The Kier molecular flexibility index (Phi) is 7.12. The van der Waals surface area contributed by atoms with E-state index in [0.717, 1.165) is 22.4 Å². The van der Waals surface area contributed by atoms with E-state index in [1.165, 1.54) is 4.31 Å². The first-order valence-corrected chi connectivity index (χ1v) is 11.3. The van der Waals surface area contributed by atoms with E-state index in [2.05, 4.69) is 0 Å². The number of benzene rings is 2. The Morgan fingerprint density at radius 2 is 1.77 bits per heavy atom. The maximum Gasteiger partial charge on any atom is 0.248 e. The third-order valence-corrected chi connectivity index (χ3v) is 7.23. The zero-order chi connectivity index (χ0) is 21.7. The highest BCUT2D eigenvalue weighted by Gasteiger charge is 2.31. The van der Waals surface area contributed by atoms with Crippen LogP contribution in [0, 0.1) is 13.8 Å². The van der Waals surface area contributed by atoms with E-state index in [4.69, 9.17) is 9.47 Å². The molecule has 0 spiro atoms. The SMILES string of the molecule is COc1cccc(COCC(=O)N2CCN(S(=O)(=O)c3ccc(C)cc3C)CC2)c1. The van der Waals surface area contributed by atoms with Gasteiger partial charge in [0.15, 0.2) is 0 Å². The molecular weight excluding hydrogens is 404 g/mol. The summed E-state index contributed by atoms with van der Waals surface area (Å²) in [6, 6.07) is 12.8. The van der Waals surface area contributed by atoms with Crippen molar-refractivity contribution in [2.24, 2.45) is 0 Å². The lowest BCUT2D eigenvalue weighted by Gasteiger charge is -2.34. The number of piperazine rings is 1. The van der Waals surface area contributed by atoms with Gasteiger partial charge in [0.25, 0.3) is 0 Å². The number of sulfonamides is 1. The smallest absolute Gasteiger partial charge is 0.248 e. The summed E-state index contributed by atoms with van der Waals surface area (Å²) in [5, 5.41) is 0. The summed E-state index contributed by atoms with van der Waals surface area (Å²) in [5.41, 5.74) is 2.68. The van der Waals surface area contributed by atoms with Crippen LogP contribution < -0.4 is 4.74 Å². The molecule has 8 heteroatoms. The van der Waals surface area contributed by atoms with Crippen molar-refractivity contribution >= 4 is 15.9 Å². The van der Waals surface area contributed by atoms with Crippen molar-refractivity contribution < 1.29 is 22.7 Å². The second kappa shape index (κ2) is 9.59. The molecule has 30 heavy (non-hydrogen) atoms. The van der Waals surface area contributed by atoms with E-state index in [1.54, 1.807) is 31.1 Å². The molecule has 3 rings (SSSR count). The molecule has 0 saturated carbocycles. The third kappa shape index (κ3) is 5.19. The van der Waals surface area contributed by atoms with E-state index in [0.29, 0.717) is 24.6 Å². The van der Waals surface area contributed by atoms with Gasteiger partial charge in [-0.2, -0.15) is 4.31 Å². The molecule has 0 radical (unpaired) electrons. The number of hydrogen-bond donors (Lipinski definition) is 0. The van der Waals surface area contributed by atoms with Crippen molar-refractivity contribution in [3.8, 4) is 5.75 Å². The van der Waals surface area contributed by atoms with E-state index < -0.39 is 10.0 Å². The second-order valence-electron chi connectivity index (χ2n) is 7.40. The van der Waals surface area contributed by atoms with Gasteiger partial charge < -0.3 is 14.4 Å². The Bertz CT molecular complexity index is 998. The minimum atomic E-state index is -3.57. The number of methoxy groups -OCH3 is 1. The van der Waals surface area contributed by atoms with Gasteiger partial charge in [0, 0.05) is 26.2 Å². The fraction of sp³-hybridized carbons (Fsp3) is 0.409. The monoisotopic (exact) mass is 432 g/mol. The Labute approximate surface area is 178 Å². The Morgan fingerprint density at radius 1 is 1.03 bits per heavy atom. The number of amides is 1. The van der Waals surface area contributed by atoms with Crippen LogP contribution in [0.25, 0.3) is 0 Å². The number of hydrogen-bond acceptors (Lipinski definition) is 5. The van der Waals surface area contributed by atoms with Crippen molar-refractivity contribution in [2.75, 3.05) is 39.9 Å². The minimum absolute atomic E-state index is 0.0406. The van der Waals surface area contributed by atoms with Crippen LogP contribution in [0.1, 0.15) is 16.7 Å². The molecule has 0 aromatic heterocycles. The molecule has 1 fully saturated rings. The van der Waals surface area contributed by atoms with Crippen LogP contribution in [-0.4, -0.2) is 63.4 Å². The summed E-state index contributed by atoms with van der Waals surface area (Å²) in [6.45, 7) is 5.26. The summed E-state index contributed by atoms with van der Waals surface area (Å²) in [6.07, 6.45) is 0. The summed E-state index contributed by atoms with van der Waals surface area (Å²) in [4.78, 5) is 14.4. The predicted molar refractivity (Wildman–Crippen MR) is 114 cm³/mol. The van der Waals surface area contributed by atoms with Crippen LogP contribution in [0.15, 0.2) is 47.4 Å². The normalized spacial score (nSPS) is 15.2. The number of nitrogens with zero attached hydrogens (tertiary/aromatic N) is 2. The number of rotatable bonds is 7. The maximum atomic E-state index is 13.0. The Morgan fingerprint density at radius 3 is 2.43 bits per heavy atom. The predicted octanol–water partition coefficient (Wildman–Crippen LogP) is 2.36. The van der Waals surface area contributed by atoms with Gasteiger partial charge in [0.2, 0.25) is 15.9 Å². The second-order valence-corrected chi connectivity index (χ2v) is 9.30. The molecule has 0 N–H and O–H groups in total. The topological polar surface area (TPSA) is 76.2 Å². The zero-order valence-corrected chi connectivity index (χ0v) is 18.4. The number of carbonyl (C=O) groups is 1. The quantitative estimate of drug-likeness (QED) is 0.671. The average molecular weight is 433 g/mol. The van der Waals surface area contributed by atoms with Gasteiger partial charge in [0.05, 0.1) is 18.6 Å². The van der Waals surface area contributed by atoms with Crippen LogP contribution in [0.2, 0.25) is 0 Å². The average Bonchev–Trinajstić information content (AvgIpc) is 2.73. The molecule has 1 amide bonds. The van der Waals surface area contributed by atoms with Gasteiger partial charge in [0.1, 0.15) is 12.4 Å². The highest BCUT2D eigenvalue weighted by molar-refractivity contribution is 7.89. The molecule has 2 aromatic rings. The van der Waals surface area contributed by atoms with Crippen molar-refractivity contribution in [3.05, 3.63) is 59.2 Å². The molecule has 0 aliphatic carbocycles. The molecule has 0 unspecified atom stereocenters. The minimum Gasteiger partial charge on any atom is -0.497 e. The molecule has 162 valence electrons. The van der Waals surface area contributed by atoms with Crippen LogP contribution >= 0.6 is 0 Å². The lowest BCUT2D eigenvalue weighted by Crippen LogP contribution is -2.51. The summed E-state index contributed by atoms with van der Waals surface area (Å²) in [7, 11) is -1.97. The standard InChI is InChI=1S/C22H28N2O5S/c1-17-7-8-21(18(2)13-17)30(26,27)24-11-9-23(10-12-24)22(25)16-29-15-19-5-4-6-20(14-19)28-3/h4-8,13-14H,9-12,15-16H2,1-3H3. The third-order valence-electron chi connectivity index (χ3n) is 5.17. The maximum absolute atomic E-state index is 13.0. The first kappa shape index (κ1) is 22.3. The lowest BCUT2D eigenvalue weighted by atomic mass is 10.2. The van der Waals surface area contributed by atoms with Gasteiger partial charge in [-0.1, -0.05) is 29.8 Å². The number of aryl methyl sites for hydroxylation is 2. The van der Waals surface area contributed by atoms with Crippen molar-refractivity contribution in [2.45, 2.75) is 25.3 Å². The van der Waals surface area contributed by atoms with Crippen molar-refractivity contribution in [1.82, 2.24) is 9.21 Å². The summed E-state index contributed by atoms with van der Waals surface area (Å²) < 4.78 is 38.1. The molecular formula is C22H28N2O5S. The van der Waals surface area contributed by atoms with E-state index in [1.807, 2.05) is 37.3 Å². The summed E-state index contributed by atoms with van der Waals surface area (Å²) >= 11 is 0. The Hall–Kier alpha value is -2.42. The molecule has 0 atom stereocenters. The molecule has 1 heterocycles. The van der Waals surface area contributed by atoms with Gasteiger partial charge in [-0.25, -0.2) is 8.42 Å². The van der Waals surface area contributed by atoms with E-state index in [-0.39, 0.29) is 25.6 Å². The van der Waals surface area contributed by atoms with Crippen LogP contribution in [-0.2, 0) is 26.2 Å². The highest BCUT2D eigenvalue weighted by atomic mass is 32.2. The number of ether oxygens (including phenoxy) is 2. The van der Waals surface area contributed by atoms with E-state index in [9.17, 15) is 13.2 Å². The van der Waals surface area contributed by atoms with Gasteiger partial charge in [-0.05, 0) is 43.2 Å². The molecule has 0 bridgehead atoms. The summed E-state index contributed by atoms with van der Waals surface area (Å²) in [5.74, 6) is 0.602. The Balaban J connectivity index is 1.51. The van der Waals surface area contributed by atoms with E-state index >= 15 is 0 Å². The zero-order valence-electron chi connectivity index (χ0n) is 17.6. The van der Waals surface area contributed by atoms with Crippen molar-refractivity contribution in [1.29, 1.82) is 0 Å². The molecule has 1 aliphatic rings. The molecule has 1 aliphatic heterocycles. The van der Waals surface area contributed by atoms with Crippen molar-refractivity contribution in [3.63, 3.8) is 0 Å². The van der Waals surface area contributed by atoms with Crippen LogP contribution in [0.4, 0.5) is 0 Å². The first-order valence-electron chi connectivity index (χ1n) is 9.87. The number of carbonyl (C=O) groups excluding carboxylic acids is 1. The lowest BCUT2D eigenvalue weighted by molar-refractivity contribution is -0.137. The fourth-order valence-corrected chi connectivity index (χ4v) is 5.14. The largest absolute Gasteiger partial charge is 0.497 e. The van der Waals surface area contributed by atoms with Gasteiger partial charge in [-0.15, -0.1) is 0 Å². The first-order chi connectivity index (χ1) is 14.3. The molecule has 2 aromatic carbocycles. The van der Waals surface area contributed by atoms with Gasteiger partial charge in [-0.3, -0.25) is 4.79 Å².